The summed E-state index contributed by atoms with van der Waals surface area (Å²) in [4.78, 5) is 12.2. The first-order chi connectivity index (χ1) is 10.6. The van der Waals surface area contributed by atoms with E-state index in [1.165, 1.54) is 6.07 Å². The van der Waals surface area contributed by atoms with Crippen molar-refractivity contribution in [1.29, 1.82) is 0 Å². The fraction of sp³-hybridized carbons (Fsp3) is 0.0556. The highest BCUT2D eigenvalue weighted by Gasteiger charge is 2.09. The van der Waals surface area contributed by atoms with Crippen LogP contribution in [0, 0.1) is 5.82 Å². The average molecular weight is 295 g/mol. The Morgan fingerprint density at radius 2 is 1.86 bits per heavy atom. The van der Waals surface area contributed by atoms with Gasteiger partial charge in [0.25, 0.3) is 5.91 Å². The quantitative estimate of drug-likeness (QED) is 0.775. The molecule has 0 fully saturated rings. The number of amides is 1. The Morgan fingerprint density at radius 1 is 1.05 bits per heavy atom. The van der Waals surface area contributed by atoms with E-state index in [9.17, 15) is 14.3 Å². The van der Waals surface area contributed by atoms with E-state index in [0.717, 1.165) is 5.39 Å². The highest BCUT2D eigenvalue weighted by Crippen LogP contribution is 2.25. The van der Waals surface area contributed by atoms with Gasteiger partial charge < -0.3 is 10.4 Å². The minimum Gasteiger partial charge on any atom is -0.507 e. The molecule has 3 nitrogen and oxygen atoms in total. The Balaban J connectivity index is 1.80. The lowest BCUT2D eigenvalue weighted by Gasteiger charge is -2.08. The van der Waals surface area contributed by atoms with Crippen LogP contribution in [-0.2, 0) is 6.54 Å². The molecule has 110 valence electrons. The first-order valence-electron chi connectivity index (χ1n) is 6.88. The second kappa shape index (κ2) is 5.85. The van der Waals surface area contributed by atoms with Crippen LogP contribution in [0.25, 0.3) is 10.8 Å². The number of phenols is 1. The zero-order chi connectivity index (χ0) is 15.5. The summed E-state index contributed by atoms with van der Waals surface area (Å²) < 4.78 is 13.5. The van der Waals surface area contributed by atoms with E-state index in [4.69, 9.17) is 0 Å². The van der Waals surface area contributed by atoms with Gasteiger partial charge in [0, 0.05) is 23.1 Å². The van der Waals surface area contributed by atoms with E-state index in [2.05, 4.69) is 5.32 Å². The van der Waals surface area contributed by atoms with Gasteiger partial charge in [-0.05, 0) is 29.7 Å². The van der Waals surface area contributed by atoms with E-state index in [1.54, 1.807) is 48.5 Å². The monoisotopic (exact) mass is 295 g/mol. The van der Waals surface area contributed by atoms with Crippen molar-refractivity contribution >= 4 is 16.7 Å². The van der Waals surface area contributed by atoms with Crippen molar-refractivity contribution in [2.45, 2.75) is 6.54 Å². The number of aromatic hydroxyl groups is 1. The van der Waals surface area contributed by atoms with Crippen LogP contribution in [0.3, 0.4) is 0 Å². The van der Waals surface area contributed by atoms with Gasteiger partial charge in [-0.3, -0.25) is 4.79 Å². The Labute approximate surface area is 127 Å². The fourth-order valence-electron chi connectivity index (χ4n) is 2.32. The van der Waals surface area contributed by atoms with Gasteiger partial charge in [-0.25, -0.2) is 4.39 Å². The highest BCUT2D eigenvalue weighted by molar-refractivity contribution is 6.00. The molecule has 3 aromatic rings. The first-order valence-corrected chi connectivity index (χ1v) is 6.88. The summed E-state index contributed by atoms with van der Waals surface area (Å²) in [6.45, 7) is 0.115. The number of carbonyl (C=O) groups excluding carboxylic acids is 1. The van der Waals surface area contributed by atoms with Crippen LogP contribution in [0.1, 0.15) is 15.9 Å². The summed E-state index contributed by atoms with van der Waals surface area (Å²) >= 11 is 0. The maximum atomic E-state index is 13.5. The number of fused-ring (bicyclic) bond motifs is 1. The maximum absolute atomic E-state index is 13.5. The van der Waals surface area contributed by atoms with Gasteiger partial charge in [-0.2, -0.15) is 0 Å². The predicted octanol–water partition coefficient (Wildman–Crippen LogP) is 3.61. The molecule has 0 aliphatic carbocycles. The first kappa shape index (κ1) is 14.1. The molecule has 0 heterocycles. The van der Waals surface area contributed by atoms with Gasteiger partial charge in [0.15, 0.2) is 0 Å². The maximum Gasteiger partial charge on any atom is 0.251 e. The minimum atomic E-state index is -0.348. The van der Waals surface area contributed by atoms with Crippen LogP contribution in [0.4, 0.5) is 4.39 Å². The lowest BCUT2D eigenvalue weighted by Crippen LogP contribution is -2.23. The average Bonchev–Trinajstić information content (AvgIpc) is 2.54. The number of nitrogens with one attached hydrogen (secondary N) is 1. The lowest BCUT2D eigenvalue weighted by atomic mass is 10.1. The number of hydrogen-bond donors (Lipinski definition) is 2. The number of hydrogen-bond acceptors (Lipinski definition) is 2. The van der Waals surface area contributed by atoms with Crippen molar-refractivity contribution in [3.8, 4) is 5.75 Å². The van der Waals surface area contributed by atoms with E-state index in [-0.39, 0.29) is 24.0 Å². The van der Waals surface area contributed by atoms with E-state index >= 15 is 0 Å². The van der Waals surface area contributed by atoms with Gasteiger partial charge >= 0.3 is 0 Å². The van der Waals surface area contributed by atoms with Crippen molar-refractivity contribution in [1.82, 2.24) is 5.32 Å². The number of phenolic OH excluding ortho intramolecular Hbond substituents is 1. The SMILES string of the molecule is O=C(NCc1ccccc1F)c1ccc2cccc(O)c2c1. The van der Waals surface area contributed by atoms with Crippen LogP contribution in [0.2, 0.25) is 0 Å². The van der Waals surface area contributed by atoms with Crippen molar-refractivity contribution < 1.29 is 14.3 Å². The second-order valence-corrected chi connectivity index (χ2v) is 4.99. The molecule has 0 aliphatic rings. The molecule has 0 saturated heterocycles. The van der Waals surface area contributed by atoms with E-state index < -0.39 is 0 Å². The molecule has 0 aliphatic heterocycles. The van der Waals surface area contributed by atoms with Crippen LogP contribution >= 0.6 is 0 Å². The lowest BCUT2D eigenvalue weighted by molar-refractivity contribution is 0.0950. The van der Waals surface area contributed by atoms with Crippen LogP contribution in [0.15, 0.2) is 60.7 Å². The Kier molecular flexibility index (Phi) is 3.74. The summed E-state index contributed by atoms with van der Waals surface area (Å²) in [5.41, 5.74) is 0.852. The van der Waals surface area contributed by atoms with Crippen molar-refractivity contribution in [2.24, 2.45) is 0 Å². The molecule has 0 bridgehead atoms. The zero-order valence-corrected chi connectivity index (χ0v) is 11.7. The van der Waals surface area contributed by atoms with Gasteiger partial charge in [0.1, 0.15) is 11.6 Å². The summed E-state index contributed by atoms with van der Waals surface area (Å²) in [6, 6.07) is 16.6. The fourth-order valence-corrected chi connectivity index (χ4v) is 2.32. The van der Waals surface area contributed by atoms with Gasteiger partial charge in [0.05, 0.1) is 0 Å². The molecule has 0 saturated carbocycles. The van der Waals surface area contributed by atoms with Crippen molar-refractivity contribution in [3.63, 3.8) is 0 Å². The molecule has 0 atom stereocenters. The summed E-state index contributed by atoms with van der Waals surface area (Å²) in [5.74, 6) is -0.534. The molecular weight excluding hydrogens is 281 g/mol. The predicted molar refractivity (Wildman–Crippen MR) is 83.2 cm³/mol. The Hall–Kier alpha value is -2.88. The molecule has 1 amide bonds. The smallest absolute Gasteiger partial charge is 0.251 e. The Bertz CT molecular complexity index is 845. The Morgan fingerprint density at radius 3 is 2.68 bits per heavy atom. The highest BCUT2D eigenvalue weighted by atomic mass is 19.1. The summed E-state index contributed by atoms with van der Waals surface area (Å²) in [6.07, 6.45) is 0. The molecule has 0 radical (unpaired) electrons. The van der Waals surface area contributed by atoms with Crippen LogP contribution < -0.4 is 5.32 Å². The molecule has 4 heteroatoms. The molecule has 2 N–H and O–H groups in total. The molecule has 0 unspecified atom stereocenters. The molecule has 0 spiro atoms. The number of carbonyl (C=O) groups is 1. The third kappa shape index (κ3) is 2.76. The van der Waals surface area contributed by atoms with Gasteiger partial charge in [-0.15, -0.1) is 0 Å². The largest absolute Gasteiger partial charge is 0.507 e. The summed E-state index contributed by atoms with van der Waals surface area (Å²) in [5, 5.41) is 14.0. The minimum absolute atomic E-state index is 0.115. The topological polar surface area (TPSA) is 49.3 Å². The van der Waals surface area contributed by atoms with Gasteiger partial charge in [0.2, 0.25) is 0 Å². The van der Waals surface area contributed by atoms with Crippen molar-refractivity contribution in [3.05, 3.63) is 77.6 Å². The standard InChI is InChI=1S/C18H14FNO2/c19-16-6-2-1-4-14(16)11-20-18(22)13-9-8-12-5-3-7-17(21)15(12)10-13/h1-10,21H,11H2,(H,20,22). The second-order valence-electron chi connectivity index (χ2n) is 4.99. The third-order valence-corrected chi connectivity index (χ3v) is 3.52. The normalized spacial score (nSPS) is 10.6. The number of halogens is 1. The molecular formula is C18H14FNO2. The molecule has 3 aromatic carbocycles. The van der Waals surface area contributed by atoms with Crippen molar-refractivity contribution in [2.75, 3.05) is 0 Å². The van der Waals surface area contributed by atoms with Gasteiger partial charge in [-0.1, -0.05) is 36.4 Å². The number of benzene rings is 3. The molecule has 3 rings (SSSR count). The van der Waals surface area contributed by atoms with E-state index in [1.807, 2.05) is 6.07 Å². The zero-order valence-electron chi connectivity index (χ0n) is 11.7. The third-order valence-electron chi connectivity index (χ3n) is 3.52. The van der Waals surface area contributed by atoms with Crippen LogP contribution in [-0.4, -0.2) is 11.0 Å². The number of rotatable bonds is 3. The molecule has 0 aromatic heterocycles. The molecule has 22 heavy (non-hydrogen) atoms. The summed E-state index contributed by atoms with van der Waals surface area (Å²) in [7, 11) is 0. The van der Waals surface area contributed by atoms with E-state index in [0.29, 0.717) is 16.5 Å². The van der Waals surface area contributed by atoms with Crippen LogP contribution in [0.5, 0.6) is 5.75 Å².